The molecule has 0 aliphatic heterocycles. The Labute approximate surface area is 94.3 Å². The topological polar surface area (TPSA) is 37.8 Å². The number of hydrogen-bond acceptors (Lipinski definition) is 3. The van der Waals surface area contributed by atoms with E-state index in [1.165, 1.54) is 19.3 Å². The number of hydrogen-bond donors (Lipinski definition) is 1. The van der Waals surface area contributed by atoms with Gasteiger partial charge in [-0.25, -0.2) is 9.97 Å². The third-order valence-corrected chi connectivity index (χ3v) is 3.71. The Bertz CT molecular complexity index is 383. The van der Waals surface area contributed by atoms with Crippen LogP contribution in [0.2, 0.25) is 5.28 Å². The summed E-state index contributed by atoms with van der Waals surface area (Å²) >= 11 is 5.78. The number of aryl methyl sites for hydroxylation is 1. The molecule has 4 heteroatoms. The molecule has 0 saturated heterocycles. The first kappa shape index (κ1) is 9.40. The maximum Gasteiger partial charge on any atom is 0.224 e. The van der Waals surface area contributed by atoms with E-state index in [4.69, 9.17) is 11.6 Å². The van der Waals surface area contributed by atoms with Crippen molar-refractivity contribution in [1.82, 2.24) is 9.97 Å². The number of fused-ring (bicyclic) bond motifs is 1. The lowest BCUT2D eigenvalue weighted by atomic mass is 10.1. The Morgan fingerprint density at radius 1 is 1.33 bits per heavy atom. The zero-order valence-electron chi connectivity index (χ0n) is 8.70. The Kier molecular flexibility index (Phi) is 2.09. The van der Waals surface area contributed by atoms with Crippen molar-refractivity contribution in [2.45, 2.75) is 32.2 Å². The minimum absolute atomic E-state index is 0.325. The molecule has 0 amide bonds. The van der Waals surface area contributed by atoms with Crippen LogP contribution in [0.4, 0.5) is 5.82 Å². The van der Waals surface area contributed by atoms with Crippen molar-refractivity contribution in [3.63, 3.8) is 0 Å². The molecule has 2 aliphatic carbocycles. The van der Waals surface area contributed by atoms with Crippen molar-refractivity contribution < 1.29 is 0 Å². The number of anilines is 1. The molecule has 3 nitrogen and oxygen atoms in total. The molecule has 15 heavy (non-hydrogen) atoms. The molecule has 2 aliphatic rings. The molecule has 0 spiro atoms. The molecule has 2 saturated carbocycles. The van der Waals surface area contributed by atoms with Gasteiger partial charge in [-0.2, -0.15) is 0 Å². The summed E-state index contributed by atoms with van der Waals surface area (Å²) in [4.78, 5) is 8.17. The molecular weight excluding hydrogens is 210 g/mol. The van der Waals surface area contributed by atoms with Crippen molar-refractivity contribution in [3.05, 3.63) is 17.0 Å². The number of aromatic nitrogens is 2. The molecule has 2 unspecified atom stereocenters. The highest BCUT2D eigenvalue weighted by atomic mass is 35.5. The Morgan fingerprint density at radius 3 is 2.80 bits per heavy atom. The summed E-state index contributed by atoms with van der Waals surface area (Å²) < 4.78 is 0. The van der Waals surface area contributed by atoms with Crippen LogP contribution in [-0.4, -0.2) is 16.0 Å². The molecule has 2 atom stereocenters. The first-order chi connectivity index (χ1) is 7.22. The van der Waals surface area contributed by atoms with Gasteiger partial charge in [-0.05, 0) is 49.6 Å². The summed E-state index contributed by atoms with van der Waals surface area (Å²) in [7, 11) is 0. The zero-order chi connectivity index (χ0) is 10.4. The van der Waals surface area contributed by atoms with Gasteiger partial charge >= 0.3 is 0 Å². The number of rotatable bonds is 2. The van der Waals surface area contributed by atoms with Crippen LogP contribution in [0.1, 0.15) is 24.8 Å². The summed E-state index contributed by atoms with van der Waals surface area (Å²) in [5.41, 5.74) is 1.07. The quantitative estimate of drug-likeness (QED) is 0.784. The second-order valence-corrected chi connectivity index (χ2v) is 5.08. The molecule has 3 rings (SSSR count). The highest BCUT2D eigenvalue weighted by Crippen LogP contribution is 2.52. The van der Waals surface area contributed by atoms with E-state index >= 15 is 0 Å². The van der Waals surface area contributed by atoms with Gasteiger partial charge in [0.25, 0.3) is 0 Å². The van der Waals surface area contributed by atoms with Crippen molar-refractivity contribution in [2.24, 2.45) is 11.8 Å². The van der Waals surface area contributed by atoms with Gasteiger partial charge in [0.05, 0.1) is 0 Å². The molecular formula is C11H14ClN3. The predicted octanol–water partition coefficient (Wildman–Crippen LogP) is 2.65. The van der Waals surface area contributed by atoms with E-state index < -0.39 is 0 Å². The minimum Gasteiger partial charge on any atom is -0.367 e. The van der Waals surface area contributed by atoms with Crippen molar-refractivity contribution in [2.75, 3.05) is 5.32 Å². The second kappa shape index (κ2) is 3.34. The normalized spacial score (nSPS) is 32.5. The van der Waals surface area contributed by atoms with Gasteiger partial charge in [-0.3, -0.25) is 0 Å². The Balaban J connectivity index is 1.73. The Morgan fingerprint density at radius 2 is 2.07 bits per heavy atom. The smallest absolute Gasteiger partial charge is 0.224 e. The lowest BCUT2D eigenvalue weighted by Gasteiger charge is -2.16. The molecule has 1 heterocycles. The second-order valence-electron chi connectivity index (χ2n) is 4.74. The van der Waals surface area contributed by atoms with Crippen LogP contribution < -0.4 is 5.32 Å². The van der Waals surface area contributed by atoms with Gasteiger partial charge in [-0.1, -0.05) is 0 Å². The van der Waals surface area contributed by atoms with Crippen LogP contribution in [-0.2, 0) is 0 Å². The SMILES string of the molecule is Cc1cnc(Cl)nc1NC1CC2CC2C1. The molecule has 80 valence electrons. The molecule has 1 N–H and O–H groups in total. The van der Waals surface area contributed by atoms with Gasteiger partial charge in [0.15, 0.2) is 0 Å². The first-order valence-electron chi connectivity index (χ1n) is 5.48. The van der Waals surface area contributed by atoms with Gasteiger partial charge in [0.2, 0.25) is 5.28 Å². The van der Waals surface area contributed by atoms with Gasteiger partial charge in [-0.15, -0.1) is 0 Å². The van der Waals surface area contributed by atoms with E-state index in [1.54, 1.807) is 6.20 Å². The zero-order valence-corrected chi connectivity index (χ0v) is 9.46. The summed E-state index contributed by atoms with van der Waals surface area (Å²) in [6, 6.07) is 0.596. The maximum absolute atomic E-state index is 5.78. The largest absolute Gasteiger partial charge is 0.367 e. The van der Waals surface area contributed by atoms with E-state index in [-0.39, 0.29) is 0 Å². The molecule has 0 bridgehead atoms. The fourth-order valence-electron chi connectivity index (χ4n) is 2.59. The summed E-state index contributed by atoms with van der Waals surface area (Å²) in [6.45, 7) is 2.01. The van der Waals surface area contributed by atoms with Crippen molar-refractivity contribution in [3.8, 4) is 0 Å². The first-order valence-corrected chi connectivity index (χ1v) is 5.86. The number of halogens is 1. The highest BCUT2D eigenvalue weighted by Gasteiger charge is 2.45. The fourth-order valence-corrected chi connectivity index (χ4v) is 2.73. The van der Waals surface area contributed by atoms with E-state index in [0.717, 1.165) is 23.2 Å². The van der Waals surface area contributed by atoms with E-state index in [2.05, 4.69) is 15.3 Å². The number of nitrogens with zero attached hydrogens (tertiary/aromatic N) is 2. The Hall–Kier alpha value is -0.830. The van der Waals surface area contributed by atoms with Crippen molar-refractivity contribution in [1.29, 1.82) is 0 Å². The maximum atomic E-state index is 5.78. The monoisotopic (exact) mass is 223 g/mol. The number of nitrogens with one attached hydrogen (secondary N) is 1. The van der Waals surface area contributed by atoms with Gasteiger partial charge < -0.3 is 5.32 Å². The lowest BCUT2D eigenvalue weighted by Crippen LogP contribution is -2.18. The average molecular weight is 224 g/mol. The van der Waals surface area contributed by atoms with Crippen LogP contribution in [0.25, 0.3) is 0 Å². The highest BCUT2D eigenvalue weighted by molar-refractivity contribution is 6.28. The molecule has 0 radical (unpaired) electrons. The summed E-state index contributed by atoms with van der Waals surface area (Å²) in [5, 5.41) is 3.80. The molecule has 2 fully saturated rings. The van der Waals surface area contributed by atoms with Crippen molar-refractivity contribution >= 4 is 17.4 Å². The molecule has 0 aromatic carbocycles. The van der Waals surface area contributed by atoms with Crippen LogP contribution in [0.15, 0.2) is 6.20 Å². The van der Waals surface area contributed by atoms with Crippen LogP contribution >= 0.6 is 11.6 Å². The van der Waals surface area contributed by atoms with E-state index in [9.17, 15) is 0 Å². The third kappa shape index (κ3) is 1.81. The van der Waals surface area contributed by atoms with Gasteiger partial charge in [0, 0.05) is 17.8 Å². The molecule has 1 aromatic heterocycles. The standard InChI is InChI=1S/C11H14ClN3/c1-6-5-13-11(12)15-10(6)14-9-3-7-2-8(7)4-9/h5,7-9H,2-4H2,1H3,(H,13,14,15). The predicted molar refractivity (Wildman–Crippen MR) is 60.0 cm³/mol. The minimum atomic E-state index is 0.325. The van der Waals surface area contributed by atoms with E-state index in [0.29, 0.717) is 11.3 Å². The molecule has 1 aromatic rings. The average Bonchev–Trinajstić information content (AvgIpc) is 2.81. The summed E-state index contributed by atoms with van der Waals surface area (Å²) in [5.74, 6) is 2.88. The fraction of sp³-hybridized carbons (Fsp3) is 0.636. The van der Waals surface area contributed by atoms with Crippen LogP contribution in [0.3, 0.4) is 0 Å². The van der Waals surface area contributed by atoms with Crippen LogP contribution in [0.5, 0.6) is 0 Å². The third-order valence-electron chi connectivity index (χ3n) is 3.53. The van der Waals surface area contributed by atoms with E-state index in [1.807, 2.05) is 6.92 Å². The van der Waals surface area contributed by atoms with Gasteiger partial charge in [0.1, 0.15) is 5.82 Å². The summed E-state index contributed by atoms with van der Waals surface area (Å²) in [6.07, 6.45) is 5.81. The van der Waals surface area contributed by atoms with Crippen LogP contribution in [0, 0.1) is 18.8 Å². The lowest BCUT2D eigenvalue weighted by molar-refractivity contribution is 0.648.